The van der Waals surface area contributed by atoms with Crippen molar-refractivity contribution in [1.82, 2.24) is 9.80 Å². The second kappa shape index (κ2) is 7.22. The van der Waals surface area contributed by atoms with Crippen LogP contribution in [0.2, 0.25) is 0 Å². The van der Waals surface area contributed by atoms with Crippen molar-refractivity contribution in [1.29, 1.82) is 0 Å². The first-order valence-corrected chi connectivity index (χ1v) is 7.40. The quantitative estimate of drug-likeness (QED) is 0.854. The lowest BCUT2D eigenvalue weighted by atomic mass is 10.0. The molecule has 1 aromatic carbocycles. The third-order valence-electron chi connectivity index (χ3n) is 3.92. The van der Waals surface area contributed by atoms with Gasteiger partial charge in [-0.3, -0.25) is 9.59 Å². The summed E-state index contributed by atoms with van der Waals surface area (Å²) in [5, 5.41) is 0. The smallest absolute Gasteiger partial charge is 0.224 e. The second-order valence-electron chi connectivity index (χ2n) is 5.52. The van der Waals surface area contributed by atoms with Gasteiger partial charge in [0, 0.05) is 45.6 Å². The molecule has 1 atom stereocenters. The number of likely N-dealkylation sites (tertiary alicyclic amines) is 1. The van der Waals surface area contributed by atoms with Crippen LogP contribution in [0.3, 0.4) is 0 Å². The molecular formula is C16H23N3O2. The van der Waals surface area contributed by atoms with E-state index in [2.05, 4.69) is 0 Å². The van der Waals surface area contributed by atoms with Gasteiger partial charge in [-0.1, -0.05) is 30.3 Å². The van der Waals surface area contributed by atoms with Crippen LogP contribution >= 0.6 is 0 Å². The molecule has 1 saturated heterocycles. The summed E-state index contributed by atoms with van der Waals surface area (Å²) in [5.41, 5.74) is 7.03. The molecule has 114 valence electrons. The summed E-state index contributed by atoms with van der Waals surface area (Å²) in [5.74, 6) is 0.204. The van der Waals surface area contributed by atoms with Gasteiger partial charge in [-0.15, -0.1) is 0 Å². The molecule has 0 aliphatic carbocycles. The predicted octanol–water partition coefficient (Wildman–Crippen LogP) is 1.16. The number of benzene rings is 1. The zero-order valence-corrected chi connectivity index (χ0v) is 12.5. The minimum atomic E-state index is -0.283. The maximum absolute atomic E-state index is 12.2. The number of carbonyl (C=O) groups is 2. The van der Waals surface area contributed by atoms with Crippen LogP contribution in [0, 0.1) is 0 Å². The van der Waals surface area contributed by atoms with Crippen molar-refractivity contribution in [3.05, 3.63) is 35.9 Å². The maximum atomic E-state index is 12.2. The Kier molecular flexibility index (Phi) is 5.33. The summed E-state index contributed by atoms with van der Waals surface area (Å²) >= 11 is 0. The molecule has 2 amide bonds. The lowest BCUT2D eigenvalue weighted by Crippen LogP contribution is -2.37. The van der Waals surface area contributed by atoms with Gasteiger partial charge in [0.25, 0.3) is 0 Å². The normalized spacial score (nSPS) is 16.1. The Balaban J connectivity index is 1.78. The molecule has 0 bridgehead atoms. The molecule has 2 rings (SSSR count). The standard InChI is InChI=1S/C16H23N3O2/c1-18(10-11-19-9-5-8-15(19)20)16(21)12-14(17)13-6-3-2-4-7-13/h2-4,6-7,14H,5,8-12,17H2,1H3/t14-/m0/s1. The molecule has 0 radical (unpaired) electrons. The van der Waals surface area contributed by atoms with Crippen LogP contribution in [0.4, 0.5) is 0 Å². The van der Waals surface area contributed by atoms with Gasteiger partial charge in [0.05, 0.1) is 0 Å². The minimum Gasteiger partial charge on any atom is -0.344 e. The van der Waals surface area contributed by atoms with Crippen molar-refractivity contribution in [2.24, 2.45) is 5.73 Å². The Morgan fingerprint density at radius 2 is 2.10 bits per heavy atom. The van der Waals surface area contributed by atoms with E-state index in [0.29, 0.717) is 19.5 Å². The van der Waals surface area contributed by atoms with Gasteiger partial charge in [-0.05, 0) is 12.0 Å². The van der Waals surface area contributed by atoms with Gasteiger partial charge in [-0.2, -0.15) is 0 Å². The first-order chi connectivity index (χ1) is 10.1. The molecule has 21 heavy (non-hydrogen) atoms. The molecule has 0 saturated carbocycles. The van der Waals surface area contributed by atoms with Crippen LogP contribution in [-0.4, -0.2) is 48.3 Å². The van der Waals surface area contributed by atoms with Crippen molar-refractivity contribution in [3.63, 3.8) is 0 Å². The fraction of sp³-hybridized carbons (Fsp3) is 0.500. The average Bonchev–Trinajstić information content (AvgIpc) is 2.90. The number of amides is 2. The van der Waals surface area contributed by atoms with E-state index in [9.17, 15) is 9.59 Å². The highest BCUT2D eigenvalue weighted by Crippen LogP contribution is 2.14. The molecule has 1 fully saturated rings. The number of hydrogen-bond acceptors (Lipinski definition) is 3. The van der Waals surface area contributed by atoms with E-state index in [4.69, 9.17) is 5.73 Å². The average molecular weight is 289 g/mol. The molecule has 1 aliphatic rings. The number of nitrogens with zero attached hydrogens (tertiary/aromatic N) is 2. The predicted molar refractivity (Wildman–Crippen MR) is 81.4 cm³/mol. The van der Waals surface area contributed by atoms with E-state index in [1.807, 2.05) is 35.2 Å². The second-order valence-corrected chi connectivity index (χ2v) is 5.52. The maximum Gasteiger partial charge on any atom is 0.224 e. The minimum absolute atomic E-state index is 0.0120. The SMILES string of the molecule is CN(CCN1CCCC1=O)C(=O)C[C@H](N)c1ccccc1. The lowest BCUT2D eigenvalue weighted by molar-refractivity contribution is -0.132. The van der Waals surface area contributed by atoms with Crippen molar-refractivity contribution >= 4 is 11.8 Å². The van der Waals surface area contributed by atoms with Gasteiger partial charge in [0.1, 0.15) is 0 Å². The van der Waals surface area contributed by atoms with Crippen molar-refractivity contribution < 1.29 is 9.59 Å². The molecule has 0 unspecified atom stereocenters. The Bertz CT molecular complexity index is 490. The van der Waals surface area contributed by atoms with Crippen molar-refractivity contribution in [2.75, 3.05) is 26.7 Å². The Morgan fingerprint density at radius 1 is 1.38 bits per heavy atom. The molecule has 0 aromatic heterocycles. The number of rotatable bonds is 6. The summed E-state index contributed by atoms with van der Waals surface area (Å²) in [6.45, 7) is 1.98. The van der Waals surface area contributed by atoms with E-state index < -0.39 is 0 Å². The molecule has 1 aliphatic heterocycles. The highest BCUT2D eigenvalue weighted by atomic mass is 16.2. The molecule has 2 N–H and O–H groups in total. The zero-order valence-electron chi connectivity index (χ0n) is 12.5. The highest BCUT2D eigenvalue weighted by molar-refractivity contribution is 5.78. The van der Waals surface area contributed by atoms with Crippen LogP contribution in [-0.2, 0) is 9.59 Å². The Morgan fingerprint density at radius 3 is 2.71 bits per heavy atom. The van der Waals surface area contributed by atoms with Crippen LogP contribution in [0.1, 0.15) is 30.9 Å². The van der Waals surface area contributed by atoms with Crippen LogP contribution in [0.15, 0.2) is 30.3 Å². The fourth-order valence-corrected chi connectivity index (χ4v) is 2.50. The summed E-state index contributed by atoms with van der Waals surface area (Å²) in [6.07, 6.45) is 1.85. The first-order valence-electron chi connectivity index (χ1n) is 7.40. The Labute approximate surface area is 125 Å². The summed E-state index contributed by atoms with van der Waals surface area (Å²) in [6, 6.07) is 9.35. The monoisotopic (exact) mass is 289 g/mol. The first kappa shape index (κ1) is 15.5. The van der Waals surface area contributed by atoms with E-state index in [-0.39, 0.29) is 24.3 Å². The van der Waals surface area contributed by atoms with E-state index >= 15 is 0 Å². The lowest BCUT2D eigenvalue weighted by Gasteiger charge is -2.23. The van der Waals surface area contributed by atoms with Gasteiger partial charge in [-0.25, -0.2) is 0 Å². The highest BCUT2D eigenvalue weighted by Gasteiger charge is 2.21. The Hall–Kier alpha value is -1.88. The van der Waals surface area contributed by atoms with Crippen molar-refractivity contribution in [3.8, 4) is 0 Å². The topological polar surface area (TPSA) is 66.6 Å². The zero-order chi connectivity index (χ0) is 15.2. The van der Waals surface area contributed by atoms with E-state index in [0.717, 1.165) is 18.5 Å². The molecule has 0 spiro atoms. The molecular weight excluding hydrogens is 266 g/mol. The van der Waals surface area contributed by atoms with Gasteiger partial charge in [0.2, 0.25) is 11.8 Å². The van der Waals surface area contributed by atoms with E-state index in [1.54, 1.807) is 11.9 Å². The summed E-state index contributed by atoms with van der Waals surface area (Å²) in [7, 11) is 1.76. The van der Waals surface area contributed by atoms with Gasteiger partial charge < -0.3 is 15.5 Å². The molecule has 1 heterocycles. The van der Waals surface area contributed by atoms with Gasteiger partial charge in [0.15, 0.2) is 0 Å². The molecule has 5 nitrogen and oxygen atoms in total. The van der Waals surface area contributed by atoms with Crippen LogP contribution < -0.4 is 5.73 Å². The van der Waals surface area contributed by atoms with Crippen molar-refractivity contribution in [2.45, 2.75) is 25.3 Å². The number of likely N-dealkylation sites (N-methyl/N-ethyl adjacent to an activating group) is 1. The number of carbonyl (C=O) groups excluding carboxylic acids is 2. The summed E-state index contributed by atoms with van der Waals surface area (Å²) in [4.78, 5) is 27.2. The molecule has 1 aromatic rings. The van der Waals surface area contributed by atoms with Gasteiger partial charge >= 0.3 is 0 Å². The number of nitrogens with two attached hydrogens (primary N) is 1. The summed E-state index contributed by atoms with van der Waals surface area (Å²) < 4.78 is 0. The van der Waals surface area contributed by atoms with E-state index in [1.165, 1.54) is 0 Å². The van der Waals surface area contributed by atoms with Crippen LogP contribution in [0.5, 0.6) is 0 Å². The third-order valence-corrected chi connectivity index (χ3v) is 3.92. The fourth-order valence-electron chi connectivity index (χ4n) is 2.50. The largest absolute Gasteiger partial charge is 0.344 e. The third kappa shape index (κ3) is 4.29. The number of hydrogen-bond donors (Lipinski definition) is 1. The molecule has 5 heteroatoms. The van der Waals surface area contributed by atoms with Crippen LogP contribution in [0.25, 0.3) is 0 Å².